The van der Waals surface area contributed by atoms with Crippen molar-refractivity contribution < 1.29 is 8.42 Å². The van der Waals surface area contributed by atoms with Gasteiger partial charge in [-0.15, -0.1) is 0 Å². The van der Waals surface area contributed by atoms with Gasteiger partial charge >= 0.3 is 0 Å². The van der Waals surface area contributed by atoms with Crippen molar-refractivity contribution in [3.63, 3.8) is 0 Å². The van der Waals surface area contributed by atoms with E-state index in [-0.39, 0.29) is 0 Å². The highest BCUT2D eigenvalue weighted by molar-refractivity contribution is 7.87. The molecule has 1 N–H and O–H groups in total. The molecule has 1 fully saturated rings. The maximum Gasteiger partial charge on any atom is 0.279 e. The number of nitrogens with zero attached hydrogens (tertiary/aromatic N) is 1. The molecule has 0 bridgehead atoms. The molecule has 0 spiro atoms. The van der Waals surface area contributed by atoms with Gasteiger partial charge in [-0.3, -0.25) is 0 Å². The third-order valence-corrected chi connectivity index (χ3v) is 5.20. The quantitative estimate of drug-likeness (QED) is 0.794. The Bertz CT molecular complexity index is 311. The summed E-state index contributed by atoms with van der Waals surface area (Å²) in [6.07, 6.45) is 1.97. The predicted molar refractivity (Wildman–Crippen MR) is 70.9 cm³/mol. The molecule has 102 valence electrons. The Morgan fingerprint density at radius 2 is 1.53 bits per heavy atom. The topological polar surface area (TPSA) is 49.4 Å². The molecule has 1 rings (SSSR count). The zero-order valence-corrected chi connectivity index (χ0v) is 12.3. The highest BCUT2D eigenvalue weighted by Gasteiger charge is 2.27. The van der Waals surface area contributed by atoms with E-state index < -0.39 is 10.2 Å². The summed E-state index contributed by atoms with van der Waals surface area (Å²) in [4.78, 5) is 0. The predicted octanol–water partition coefficient (Wildman–Crippen LogP) is 1.84. The van der Waals surface area contributed by atoms with Crippen molar-refractivity contribution in [3.8, 4) is 0 Å². The first kappa shape index (κ1) is 14.9. The Morgan fingerprint density at radius 3 is 1.94 bits per heavy atom. The standard InChI is InChI=1S/C12H26N2O2S/c1-10(2)12(11(3)4)9-13-17(15,16)14-7-5-6-8-14/h10-13H,5-9H2,1-4H3. The molecule has 0 aromatic heterocycles. The molecule has 0 saturated carbocycles. The molecular weight excluding hydrogens is 236 g/mol. The zero-order chi connectivity index (χ0) is 13.1. The van der Waals surface area contributed by atoms with Gasteiger partial charge in [0, 0.05) is 19.6 Å². The molecule has 4 nitrogen and oxygen atoms in total. The Morgan fingerprint density at radius 1 is 1.06 bits per heavy atom. The van der Waals surface area contributed by atoms with Crippen molar-refractivity contribution in [1.82, 2.24) is 9.03 Å². The van der Waals surface area contributed by atoms with Crippen molar-refractivity contribution in [1.29, 1.82) is 0 Å². The minimum atomic E-state index is -3.24. The van der Waals surface area contributed by atoms with Crippen molar-refractivity contribution >= 4 is 10.2 Å². The smallest absolute Gasteiger partial charge is 0.202 e. The van der Waals surface area contributed by atoms with Gasteiger partial charge in [-0.1, -0.05) is 27.7 Å². The molecule has 0 amide bonds. The molecule has 1 heterocycles. The molecule has 0 aliphatic carbocycles. The van der Waals surface area contributed by atoms with E-state index in [2.05, 4.69) is 32.4 Å². The highest BCUT2D eigenvalue weighted by Crippen LogP contribution is 2.20. The summed E-state index contributed by atoms with van der Waals surface area (Å²) < 4.78 is 28.3. The first-order chi connectivity index (χ1) is 7.84. The molecule has 0 atom stereocenters. The van der Waals surface area contributed by atoms with Gasteiger partial charge in [-0.25, -0.2) is 4.72 Å². The highest BCUT2D eigenvalue weighted by atomic mass is 32.2. The summed E-state index contributed by atoms with van der Waals surface area (Å²) in [6, 6.07) is 0. The van der Waals surface area contributed by atoms with Gasteiger partial charge in [0.05, 0.1) is 0 Å². The minimum Gasteiger partial charge on any atom is -0.202 e. The van der Waals surface area contributed by atoms with E-state index in [9.17, 15) is 8.42 Å². The average molecular weight is 262 g/mol. The molecule has 0 aromatic rings. The molecule has 0 radical (unpaired) electrons. The van der Waals surface area contributed by atoms with E-state index >= 15 is 0 Å². The molecule has 5 heteroatoms. The monoisotopic (exact) mass is 262 g/mol. The normalized spacial score (nSPS) is 18.8. The fourth-order valence-corrected chi connectivity index (χ4v) is 3.79. The Kier molecular flexibility index (Phi) is 5.41. The largest absolute Gasteiger partial charge is 0.279 e. The van der Waals surface area contributed by atoms with Gasteiger partial charge in [0.15, 0.2) is 0 Å². The van der Waals surface area contributed by atoms with Crippen LogP contribution < -0.4 is 4.72 Å². The van der Waals surface area contributed by atoms with Crippen molar-refractivity contribution in [2.24, 2.45) is 17.8 Å². The second-order valence-corrected chi connectivity index (χ2v) is 7.37. The van der Waals surface area contributed by atoms with Gasteiger partial charge in [-0.05, 0) is 30.6 Å². The zero-order valence-electron chi connectivity index (χ0n) is 11.4. The SMILES string of the molecule is CC(C)C(CNS(=O)(=O)N1CCCC1)C(C)C. The van der Waals surface area contributed by atoms with Crippen LogP contribution in [0.15, 0.2) is 0 Å². The third-order valence-electron chi connectivity index (χ3n) is 3.62. The molecule has 1 saturated heterocycles. The van der Waals surface area contributed by atoms with Gasteiger partial charge < -0.3 is 0 Å². The van der Waals surface area contributed by atoms with Crippen LogP contribution in [-0.4, -0.2) is 32.4 Å². The minimum absolute atomic E-state index is 0.396. The average Bonchev–Trinajstić information content (AvgIpc) is 2.69. The maximum absolute atomic E-state index is 12.0. The Balaban J connectivity index is 2.53. The fraction of sp³-hybridized carbons (Fsp3) is 1.00. The molecule has 1 aliphatic rings. The van der Waals surface area contributed by atoms with Crippen LogP contribution in [0.2, 0.25) is 0 Å². The van der Waals surface area contributed by atoms with E-state index in [1.165, 1.54) is 0 Å². The van der Waals surface area contributed by atoms with Crippen LogP contribution >= 0.6 is 0 Å². The van der Waals surface area contributed by atoms with E-state index in [0.29, 0.717) is 37.4 Å². The molecule has 1 aliphatic heterocycles. The summed E-state index contributed by atoms with van der Waals surface area (Å²) in [7, 11) is -3.24. The van der Waals surface area contributed by atoms with Crippen molar-refractivity contribution in [3.05, 3.63) is 0 Å². The lowest BCUT2D eigenvalue weighted by Crippen LogP contribution is -2.42. The maximum atomic E-state index is 12.0. The summed E-state index contributed by atoms with van der Waals surface area (Å²) in [6.45, 7) is 10.5. The lowest BCUT2D eigenvalue weighted by atomic mass is 9.86. The van der Waals surface area contributed by atoms with E-state index in [1.807, 2.05) is 0 Å². The molecular formula is C12H26N2O2S. The fourth-order valence-electron chi connectivity index (χ4n) is 2.46. The Hall–Kier alpha value is -0.130. The van der Waals surface area contributed by atoms with Gasteiger partial charge in [0.25, 0.3) is 10.2 Å². The molecule has 17 heavy (non-hydrogen) atoms. The Labute approximate surface area is 106 Å². The van der Waals surface area contributed by atoms with E-state index in [0.717, 1.165) is 12.8 Å². The van der Waals surface area contributed by atoms with Gasteiger partial charge in [0.1, 0.15) is 0 Å². The van der Waals surface area contributed by atoms with Crippen molar-refractivity contribution in [2.75, 3.05) is 19.6 Å². The van der Waals surface area contributed by atoms with Crippen LogP contribution in [0, 0.1) is 17.8 Å². The summed E-state index contributed by atoms with van der Waals surface area (Å²) in [5.74, 6) is 1.39. The van der Waals surface area contributed by atoms with Crippen LogP contribution in [0.25, 0.3) is 0 Å². The summed E-state index contributed by atoms with van der Waals surface area (Å²) >= 11 is 0. The number of hydrogen-bond donors (Lipinski definition) is 1. The number of nitrogens with one attached hydrogen (secondary N) is 1. The first-order valence-electron chi connectivity index (χ1n) is 6.59. The van der Waals surface area contributed by atoms with Gasteiger partial charge in [0.2, 0.25) is 0 Å². The van der Waals surface area contributed by atoms with Gasteiger partial charge in [-0.2, -0.15) is 12.7 Å². The summed E-state index contributed by atoms with van der Waals surface area (Å²) in [5.41, 5.74) is 0. The third kappa shape index (κ3) is 4.23. The number of rotatable bonds is 6. The van der Waals surface area contributed by atoms with E-state index in [1.54, 1.807) is 4.31 Å². The van der Waals surface area contributed by atoms with E-state index in [4.69, 9.17) is 0 Å². The van der Waals surface area contributed by atoms with Crippen LogP contribution in [0.3, 0.4) is 0 Å². The lowest BCUT2D eigenvalue weighted by Gasteiger charge is -2.26. The van der Waals surface area contributed by atoms with Crippen LogP contribution in [0.4, 0.5) is 0 Å². The first-order valence-corrected chi connectivity index (χ1v) is 8.03. The second-order valence-electron chi connectivity index (χ2n) is 5.61. The van der Waals surface area contributed by atoms with Crippen LogP contribution in [0.1, 0.15) is 40.5 Å². The number of hydrogen-bond acceptors (Lipinski definition) is 2. The van der Waals surface area contributed by atoms with Crippen LogP contribution in [0.5, 0.6) is 0 Å². The molecule has 0 aromatic carbocycles. The van der Waals surface area contributed by atoms with Crippen LogP contribution in [-0.2, 0) is 10.2 Å². The lowest BCUT2D eigenvalue weighted by molar-refractivity contribution is 0.287. The van der Waals surface area contributed by atoms with Crippen molar-refractivity contribution in [2.45, 2.75) is 40.5 Å². The molecule has 0 unspecified atom stereocenters. The summed E-state index contributed by atoms with van der Waals surface area (Å²) in [5, 5.41) is 0. The second kappa shape index (κ2) is 6.16.